The number of carbonyl (C=O) groups is 1. The lowest BCUT2D eigenvalue weighted by atomic mass is 10.1. The fourth-order valence-electron chi connectivity index (χ4n) is 1.95. The Hall–Kier alpha value is -1.92. The van der Waals surface area contributed by atoms with Crippen LogP contribution in [0.1, 0.15) is 16.9 Å². The SMILES string of the molecule is Cc1cc(Br)cc(C)c1NC(=S)NC(=O)/C=C/c1ccco1. The average molecular weight is 379 g/mol. The number of hydrogen-bond acceptors (Lipinski definition) is 3. The first kappa shape index (κ1) is 16.5. The van der Waals surface area contributed by atoms with E-state index in [1.165, 1.54) is 6.08 Å². The van der Waals surface area contributed by atoms with Crippen LogP contribution in [-0.4, -0.2) is 11.0 Å². The topological polar surface area (TPSA) is 54.3 Å². The number of halogens is 1. The van der Waals surface area contributed by atoms with E-state index >= 15 is 0 Å². The summed E-state index contributed by atoms with van der Waals surface area (Å²) in [4.78, 5) is 11.8. The molecule has 6 heteroatoms. The van der Waals surface area contributed by atoms with Crippen LogP contribution in [0.2, 0.25) is 0 Å². The summed E-state index contributed by atoms with van der Waals surface area (Å²) in [7, 11) is 0. The van der Waals surface area contributed by atoms with Crippen molar-refractivity contribution in [3.05, 3.63) is 58.0 Å². The predicted octanol–water partition coefficient (Wildman–Crippen LogP) is 4.19. The molecule has 0 saturated carbocycles. The molecule has 0 aliphatic rings. The summed E-state index contributed by atoms with van der Waals surface area (Å²) < 4.78 is 6.11. The van der Waals surface area contributed by atoms with E-state index < -0.39 is 0 Å². The third-order valence-electron chi connectivity index (χ3n) is 2.91. The Balaban J connectivity index is 1.97. The molecule has 0 atom stereocenters. The molecule has 2 aromatic rings. The second kappa shape index (κ2) is 7.38. The smallest absolute Gasteiger partial charge is 0.250 e. The molecule has 1 heterocycles. The molecular formula is C16H15BrN2O2S. The molecule has 1 amide bonds. The van der Waals surface area contributed by atoms with Crippen LogP contribution in [-0.2, 0) is 4.79 Å². The number of amides is 1. The highest BCUT2D eigenvalue weighted by Crippen LogP contribution is 2.24. The Kier molecular flexibility index (Phi) is 5.51. The van der Waals surface area contributed by atoms with Crippen LogP contribution in [0.4, 0.5) is 5.69 Å². The molecule has 1 aromatic heterocycles. The minimum Gasteiger partial charge on any atom is -0.465 e. The molecule has 114 valence electrons. The van der Waals surface area contributed by atoms with Crippen LogP contribution in [0.25, 0.3) is 6.08 Å². The number of rotatable bonds is 3. The molecule has 4 nitrogen and oxygen atoms in total. The van der Waals surface area contributed by atoms with E-state index in [9.17, 15) is 4.79 Å². The molecule has 0 spiro atoms. The van der Waals surface area contributed by atoms with Crippen LogP contribution in [0.15, 0.2) is 45.5 Å². The highest BCUT2D eigenvalue weighted by molar-refractivity contribution is 9.10. The quantitative estimate of drug-likeness (QED) is 0.621. The molecule has 0 fully saturated rings. The maximum Gasteiger partial charge on any atom is 0.250 e. The van der Waals surface area contributed by atoms with Crippen molar-refractivity contribution in [2.24, 2.45) is 0 Å². The van der Waals surface area contributed by atoms with Crippen molar-refractivity contribution in [2.45, 2.75) is 13.8 Å². The van der Waals surface area contributed by atoms with Gasteiger partial charge in [0.15, 0.2) is 5.11 Å². The van der Waals surface area contributed by atoms with Gasteiger partial charge in [0.25, 0.3) is 0 Å². The minimum absolute atomic E-state index is 0.252. The zero-order chi connectivity index (χ0) is 16.1. The molecular weight excluding hydrogens is 364 g/mol. The Morgan fingerprint density at radius 2 is 2.00 bits per heavy atom. The molecule has 2 rings (SSSR count). The van der Waals surface area contributed by atoms with Crippen molar-refractivity contribution < 1.29 is 9.21 Å². The lowest BCUT2D eigenvalue weighted by molar-refractivity contribution is -0.115. The Morgan fingerprint density at radius 3 is 2.59 bits per heavy atom. The highest BCUT2D eigenvalue weighted by Gasteiger charge is 2.07. The van der Waals surface area contributed by atoms with Gasteiger partial charge in [0.1, 0.15) is 5.76 Å². The maximum atomic E-state index is 11.8. The summed E-state index contributed by atoms with van der Waals surface area (Å²) in [6, 6.07) is 7.48. The molecule has 2 N–H and O–H groups in total. The molecule has 0 bridgehead atoms. The lowest BCUT2D eigenvalue weighted by Gasteiger charge is -2.14. The number of anilines is 1. The first-order valence-electron chi connectivity index (χ1n) is 6.56. The van der Waals surface area contributed by atoms with E-state index in [0.29, 0.717) is 5.76 Å². The van der Waals surface area contributed by atoms with E-state index in [2.05, 4.69) is 26.6 Å². The fourth-order valence-corrected chi connectivity index (χ4v) is 2.84. The molecule has 1 aromatic carbocycles. The highest BCUT2D eigenvalue weighted by atomic mass is 79.9. The van der Waals surface area contributed by atoms with Gasteiger partial charge in [-0.2, -0.15) is 0 Å². The number of benzene rings is 1. The van der Waals surface area contributed by atoms with Gasteiger partial charge < -0.3 is 9.73 Å². The second-order valence-electron chi connectivity index (χ2n) is 4.71. The minimum atomic E-state index is -0.318. The van der Waals surface area contributed by atoms with Crippen molar-refractivity contribution in [3.8, 4) is 0 Å². The molecule has 0 radical (unpaired) electrons. The average Bonchev–Trinajstić information content (AvgIpc) is 2.94. The van der Waals surface area contributed by atoms with Gasteiger partial charge in [0.05, 0.1) is 6.26 Å². The fraction of sp³-hybridized carbons (Fsp3) is 0.125. The Morgan fingerprint density at radius 1 is 1.32 bits per heavy atom. The van der Waals surface area contributed by atoms with E-state index in [4.69, 9.17) is 16.6 Å². The van der Waals surface area contributed by atoms with Gasteiger partial charge in [-0.05, 0) is 67.5 Å². The predicted molar refractivity (Wildman–Crippen MR) is 95.7 cm³/mol. The first-order chi connectivity index (χ1) is 10.5. The third-order valence-corrected chi connectivity index (χ3v) is 3.58. The van der Waals surface area contributed by atoms with Crippen molar-refractivity contribution >= 4 is 50.9 Å². The van der Waals surface area contributed by atoms with Crippen LogP contribution in [0.5, 0.6) is 0 Å². The number of furan rings is 1. The number of carbonyl (C=O) groups excluding carboxylic acids is 1. The molecule has 0 aliphatic heterocycles. The van der Waals surface area contributed by atoms with E-state index in [1.54, 1.807) is 24.5 Å². The summed E-state index contributed by atoms with van der Waals surface area (Å²) in [6.45, 7) is 3.95. The van der Waals surface area contributed by atoms with Crippen molar-refractivity contribution in [1.82, 2.24) is 5.32 Å². The summed E-state index contributed by atoms with van der Waals surface area (Å²) >= 11 is 8.61. The lowest BCUT2D eigenvalue weighted by Crippen LogP contribution is -2.33. The van der Waals surface area contributed by atoms with Crippen molar-refractivity contribution in [2.75, 3.05) is 5.32 Å². The summed E-state index contributed by atoms with van der Waals surface area (Å²) in [5.74, 6) is 0.287. The summed E-state index contributed by atoms with van der Waals surface area (Å²) in [6.07, 6.45) is 4.49. The monoisotopic (exact) mass is 378 g/mol. The number of hydrogen-bond donors (Lipinski definition) is 2. The van der Waals surface area contributed by atoms with Gasteiger partial charge in [0.2, 0.25) is 5.91 Å². The largest absolute Gasteiger partial charge is 0.465 e. The van der Waals surface area contributed by atoms with Crippen molar-refractivity contribution in [3.63, 3.8) is 0 Å². The summed E-state index contributed by atoms with van der Waals surface area (Å²) in [5.41, 5.74) is 2.97. The zero-order valence-electron chi connectivity index (χ0n) is 12.1. The van der Waals surface area contributed by atoms with Crippen LogP contribution < -0.4 is 10.6 Å². The van der Waals surface area contributed by atoms with Gasteiger partial charge in [-0.15, -0.1) is 0 Å². The number of nitrogens with one attached hydrogen (secondary N) is 2. The van der Waals surface area contributed by atoms with Gasteiger partial charge in [-0.25, -0.2) is 0 Å². The van der Waals surface area contributed by atoms with Gasteiger partial charge in [-0.1, -0.05) is 15.9 Å². The van der Waals surface area contributed by atoms with Gasteiger partial charge in [-0.3, -0.25) is 10.1 Å². The second-order valence-corrected chi connectivity index (χ2v) is 6.03. The third kappa shape index (κ3) is 4.54. The van der Waals surface area contributed by atoms with Gasteiger partial charge in [0, 0.05) is 16.2 Å². The van der Waals surface area contributed by atoms with Crippen LogP contribution >= 0.6 is 28.1 Å². The standard InChI is InChI=1S/C16H15BrN2O2S/c1-10-8-12(17)9-11(2)15(10)19-16(22)18-14(20)6-5-13-4-3-7-21-13/h3-9H,1-2H3,(H2,18,19,20,22)/b6-5+. The normalized spacial score (nSPS) is 10.7. The molecule has 0 unspecified atom stereocenters. The number of thiocarbonyl (C=S) groups is 1. The van der Waals surface area contributed by atoms with Crippen molar-refractivity contribution in [1.29, 1.82) is 0 Å². The number of aryl methyl sites for hydroxylation is 2. The van der Waals surface area contributed by atoms with E-state index in [1.807, 2.05) is 26.0 Å². The van der Waals surface area contributed by atoms with E-state index in [-0.39, 0.29) is 11.0 Å². The Labute approximate surface area is 142 Å². The molecule has 0 saturated heterocycles. The Bertz CT molecular complexity index is 701. The van der Waals surface area contributed by atoms with Crippen LogP contribution in [0, 0.1) is 13.8 Å². The molecule has 0 aliphatic carbocycles. The summed E-state index contributed by atoms with van der Waals surface area (Å²) in [5, 5.41) is 5.90. The van der Waals surface area contributed by atoms with E-state index in [0.717, 1.165) is 21.3 Å². The molecule has 22 heavy (non-hydrogen) atoms. The van der Waals surface area contributed by atoms with Gasteiger partial charge >= 0.3 is 0 Å². The van der Waals surface area contributed by atoms with Crippen LogP contribution in [0.3, 0.4) is 0 Å². The maximum absolute atomic E-state index is 11.8. The zero-order valence-corrected chi connectivity index (χ0v) is 14.5. The first-order valence-corrected chi connectivity index (χ1v) is 7.76.